The van der Waals surface area contributed by atoms with Crippen LogP contribution in [0.2, 0.25) is 0 Å². The lowest BCUT2D eigenvalue weighted by atomic mass is 10.0. The predicted molar refractivity (Wildman–Crippen MR) is 102 cm³/mol. The van der Waals surface area contributed by atoms with Crippen LogP contribution in [0, 0.1) is 5.92 Å². The molecule has 1 aliphatic rings. The highest BCUT2D eigenvalue weighted by Gasteiger charge is 2.22. The average Bonchev–Trinajstić information content (AvgIpc) is 3.00. The van der Waals surface area contributed by atoms with Gasteiger partial charge in [0.25, 0.3) is 5.91 Å². The highest BCUT2D eigenvalue weighted by molar-refractivity contribution is 6.14. The van der Waals surface area contributed by atoms with Crippen molar-refractivity contribution < 1.29 is 21.9 Å². The van der Waals surface area contributed by atoms with E-state index in [1.165, 1.54) is 0 Å². The number of carbonyl (C=O) groups is 1. The molecule has 3 aromatic rings. The second-order valence-corrected chi connectivity index (χ2v) is 6.40. The minimum Gasteiger partial charge on any atom is -0.492 e. The van der Waals surface area contributed by atoms with Gasteiger partial charge in [-0.05, 0) is 12.1 Å². The zero-order chi connectivity index (χ0) is 18.1. The zero-order valence-electron chi connectivity index (χ0n) is 14.8. The van der Waals surface area contributed by atoms with Crippen molar-refractivity contribution in [1.82, 2.24) is 15.3 Å². The van der Waals surface area contributed by atoms with Crippen LogP contribution in [0.4, 0.5) is 0 Å². The molecule has 1 aromatic carbocycles. The van der Waals surface area contributed by atoms with Gasteiger partial charge in [0.15, 0.2) is 0 Å². The van der Waals surface area contributed by atoms with E-state index in [0.717, 1.165) is 46.3 Å². The molecule has 0 spiro atoms. The van der Waals surface area contributed by atoms with Gasteiger partial charge in [-0.15, -0.1) is 0 Å². The Morgan fingerprint density at radius 3 is 2.92 bits per heavy atom. The fraction of sp³-hybridized carbons (Fsp3) is 0.368. The number of hydrogen-bond acceptors (Lipinski definition) is 5. The van der Waals surface area contributed by atoms with E-state index >= 15 is 0 Å². The minimum absolute atomic E-state index is 0. The van der Waals surface area contributed by atoms with Crippen molar-refractivity contribution in [2.45, 2.75) is 6.61 Å². The van der Waals surface area contributed by atoms with E-state index in [9.17, 15) is 4.79 Å². The van der Waals surface area contributed by atoms with Gasteiger partial charge in [-0.2, -0.15) is 0 Å². The van der Waals surface area contributed by atoms with Gasteiger partial charge in [0.05, 0.1) is 43.7 Å². The van der Waals surface area contributed by atoms with E-state index in [4.69, 9.17) is 14.2 Å². The van der Waals surface area contributed by atoms with Gasteiger partial charge in [0.1, 0.15) is 11.4 Å². The molecule has 0 radical (unpaired) electrons. The molecular weight excluding hydrogens is 334 g/mol. The Labute approximate surface area is 153 Å². The van der Waals surface area contributed by atoms with Gasteiger partial charge in [0, 0.05) is 39.3 Å². The Bertz CT molecular complexity index is 973. The van der Waals surface area contributed by atoms with E-state index in [0.29, 0.717) is 18.2 Å². The first kappa shape index (κ1) is 16.8. The molecular formula is C19H25N3O4. The molecule has 7 heteroatoms. The van der Waals surface area contributed by atoms with Gasteiger partial charge < -0.3 is 24.5 Å². The molecule has 7 nitrogen and oxygen atoms in total. The molecule has 0 unspecified atom stereocenters. The molecule has 0 saturated carbocycles. The third-order valence-electron chi connectivity index (χ3n) is 4.64. The van der Waals surface area contributed by atoms with E-state index < -0.39 is 0 Å². The normalized spacial score (nSPS) is 14.5. The summed E-state index contributed by atoms with van der Waals surface area (Å²) in [5, 5.41) is 4.50. The Morgan fingerprint density at radius 1 is 1.38 bits per heavy atom. The van der Waals surface area contributed by atoms with E-state index in [1.54, 1.807) is 20.4 Å². The summed E-state index contributed by atoms with van der Waals surface area (Å²) in [6.07, 6.45) is 1.68. The number of rotatable bonds is 6. The highest BCUT2D eigenvalue weighted by Crippen LogP contribution is 2.36. The van der Waals surface area contributed by atoms with Crippen LogP contribution >= 0.6 is 0 Å². The Kier molecular flexibility index (Phi) is 4.48. The Hall–Kier alpha value is -2.64. The Morgan fingerprint density at radius 2 is 2.23 bits per heavy atom. The van der Waals surface area contributed by atoms with Crippen molar-refractivity contribution >= 4 is 27.7 Å². The molecule has 2 N–H and O–H groups in total. The minimum atomic E-state index is -0.238. The number of methoxy groups -OCH3 is 1. The maximum atomic E-state index is 12.3. The predicted octanol–water partition coefficient (Wildman–Crippen LogP) is 2.74. The van der Waals surface area contributed by atoms with Crippen LogP contribution in [0.3, 0.4) is 0 Å². The van der Waals surface area contributed by atoms with Gasteiger partial charge in [-0.3, -0.25) is 4.79 Å². The average molecular weight is 359 g/mol. The SMILES string of the molecule is CNC(=O)c1ncc2[nH]c3cccc(OCC4COC4)c3c2c1COC.[HH].[HH]. The number of nitrogens with one attached hydrogen (secondary N) is 2. The van der Waals surface area contributed by atoms with Gasteiger partial charge >= 0.3 is 0 Å². The van der Waals surface area contributed by atoms with Crippen molar-refractivity contribution in [1.29, 1.82) is 0 Å². The lowest BCUT2D eigenvalue weighted by Gasteiger charge is -2.25. The summed E-state index contributed by atoms with van der Waals surface area (Å²) in [6.45, 7) is 2.37. The Balaban J connectivity index is 0.00000140. The molecule has 1 saturated heterocycles. The number of ether oxygens (including phenoxy) is 3. The lowest BCUT2D eigenvalue weighted by Crippen LogP contribution is -2.32. The number of carbonyl (C=O) groups excluding carboxylic acids is 1. The highest BCUT2D eigenvalue weighted by atomic mass is 16.5. The summed E-state index contributed by atoms with van der Waals surface area (Å²) in [7, 11) is 3.20. The first-order valence-electron chi connectivity index (χ1n) is 8.56. The van der Waals surface area contributed by atoms with Crippen molar-refractivity contribution in [2.75, 3.05) is 34.0 Å². The van der Waals surface area contributed by atoms with Crippen LogP contribution in [0.5, 0.6) is 5.75 Å². The van der Waals surface area contributed by atoms with Crippen LogP contribution in [0.15, 0.2) is 24.4 Å². The number of pyridine rings is 1. The molecule has 140 valence electrons. The third-order valence-corrected chi connectivity index (χ3v) is 4.64. The number of aromatic amines is 1. The van der Waals surface area contributed by atoms with Gasteiger partial charge in [-0.1, -0.05) is 6.07 Å². The van der Waals surface area contributed by atoms with E-state index in [1.807, 2.05) is 18.2 Å². The topological polar surface area (TPSA) is 85.5 Å². The summed E-state index contributed by atoms with van der Waals surface area (Å²) in [6, 6.07) is 5.89. The van der Waals surface area contributed by atoms with E-state index in [-0.39, 0.29) is 15.4 Å². The van der Waals surface area contributed by atoms with Gasteiger partial charge in [0.2, 0.25) is 0 Å². The van der Waals surface area contributed by atoms with Crippen LogP contribution in [0.1, 0.15) is 18.9 Å². The van der Waals surface area contributed by atoms with Crippen LogP contribution in [-0.4, -0.2) is 49.9 Å². The van der Waals surface area contributed by atoms with Crippen molar-refractivity contribution in [3.8, 4) is 5.75 Å². The molecule has 0 atom stereocenters. The second-order valence-electron chi connectivity index (χ2n) is 6.40. The number of fused-ring (bicyclic) bond motifs is 3. The van der Waals surface area contributed by atoms with Crippen molar-refractivity contribution in [2.24, 2.45) is 5.92 Å². The summed E-state index contributed by atoms with van der Waals surface area (Å²) in [4.78, 5) is 20.0. The number of benzene rings is 1. The molecule has 2 aromatic heterocycles. The van der Waals surface area contributed by atoms with Gasteiger partial charge in [-0.25, -0.2) is 4.98 Å². The van der Waals surface area contributed by atoms with Crippen LogP contribution in [0.25, 0.3) is 21.8 Å². The fourth-order valence-electron chi connectivity index (χ4n) is 3.28. The number of aromatic nitrogens is 2. The number of nitrogens with zero attached hydrogens (tertiary/aromatic N) is 1. The zero-order valence-corrected chi connectivity index (χ0v) is 14.8. The summed E-state index contributed by atoms with van der Waals surface area (Å²) in [5.74, 6) is 0.974. The molecule has 1 fully saturated rings. The fourth-order valence-corrected chi connectivity index (χ4v) is 3.28. The standard InChI is InChI=1S/C19H21N3O4.2H2/c1-20-19(23)18-12(10-24-2)16-14(6-21-18)22-13-4-3-5-15(17(13)16)26-9-11-7-25-8-11;;/h3-6,11,22H,7-10H2,1-2H3,(H,20,23);2*1H. The molecule has 0 aliphatic carbocycles. The second kappa shape index (κ2) is 6.93. The van der Waals surface area contributed by atoms with Crippen LogP contribution < -0.4 is 10.1 Å². The largest absolute Gasteiger partial charge is 0.492 e. The quantitative estimate of drug-likeness (QED) is 0.707. The maximum absolute atomic E-state index is 12.3. The van der Waals surface area contributed by atoms with Crippen molar-refractivity contribution in [3.63, 3.8) is 0 Å². The first-order chi connectivity index (χ1) is 12.7. The lowest BCUT2D eigenvalue weighted by molar-refractivity contribution is -0.0506. The first-order valence-corrected chi connectivity index (χ1v) is 8.56. The maximum Gasteiger partial charge on any atom is 0.270 e. The summed E-state index contributed by atoms with van der Waals surface area (Å²) >= 11 is 0. The third kappa shape index (κ3) is 2.79. The molecule has 1 aliphatic heterocycles. The molecule has 1 amide bonds. The monoisotopic (exact) mass is 359 g/mol. The number of H-pyrrole nitrogens is 1. The molecule has 3 heterocycles. The van der Waals surface area contributed by atoms with Crippen molar-refractivity contribution in [3.05, 3.63) is 35.7 Å². The summed E-state index contributed by atoms with van der Waals surface area (Å²) in [5.41, 5.74) is 2.90. The molecule has 4 rings (SSSR count). The summed E-state index contributed by atoms with van der Waals surface area (Å²) < 4.78 is 16.7. The smallest absolute Gasteiger partial charge is 0.270 e. The molecule has 0 bridgehead atoms. The van der Waals surface area contributed by atoms with Crippen LogP contribution in [-0.2, 0) is 16.1 Å². The molecule has 26 heavy (non-hydrogen) atoms. The number of amides is 1. The van der Waals surface area contributed by atoms with E-state index in [2.05, 4.69) is 15.3 Å². The number of hydrogen-bond donors (Lipinski definition) is 2.